The minimum absolute atomic E-state index is 0.133. The second-order valence-corrected chi connectivity index (χ2v) is 8.40. The van der Waals surface area contributed by atoms with E-state index in [-0.39, 0.29) is 23.3 Å². The van der Waals surface area contributed by atoms with Gasteiger partial charge in [0.2, 0.25) is 0 Å². The van der Waals surface area contributed by atoms with Crippen LogP contribution in [0, 0.1) is 17.1 Å². The number of amides is 2. The number of aryl methyl sites for hydroxylation is 1. The first-order valence-electron chi connectivity index (χ1n) is 10.3. The summed E-state index contributed by atoms with van der Waals surface area (Å²) in [5, 5.41) is 16.8. The van der Waals surface area contributed by atoms with Gasteiger partial charge in [0.1, 0.15) is 17.7 Å². The zero-order valence-corrected chi connectivity index (χ0v) is 17.4. The normalized spacial score (nSPS) is 16.8. The monoisotopic (exact) mass is 432 g/mol. The lowest BCUT2D eigenvalue weighted by atomic mass is 9.76. The van der Waals surface area contributed by atoms with E-state index in [4.69, 9.17) is 5.73 Å². The first-order chi connectivity index (χ1) is 15.4. The molecule has 2 amide bonds. The summed E-state index contributed by atoms with van der Waals surface area (Å²) in [6.07, 6.45) is 5.21. The molecule has 1 atom stereocenters. The molecule has 0 unspecified atom stereocenters. The molecule has 0 aliphatic carbocycles. The molecule has 5 heterocycles. The number of carbonyl (C=O) groups excluding carboxylic acids is 1. The maximum Gasteiger partial charge on any atom is 0.317 e. The summed E-state index contributed by atoms with van der Waals surface area (Å²) in [4.78, 5) is 22.4. The first-order valence-corrected chi connectivity index (χ1v) is 10.3. The summed E-state index contributed by atoms with van der Waals surface area (Å²) >= 11 is 0. The van der Waals surface area contributed by atoms with Crippen molar-refractivity contribution in [2.75, 3.05) is 18.8 Å². The third-order valence-electron chi connectivity index (χ3n) is 6.30. The Labute approximate surface area is 183 Å². The number of hydrogen-bond acceptors (Lipinski definition) is 6. The number of likely N-dealkylation sites (tertiary alicyclic amines) is 1. The van der Waals surface area contributed by atoms with E-state index in [1.54, 1.807) is 30.3 Å². The van der Waals surface area contributed by atoms with Crippen molar-refractivity contribution in [3.8, 4) is 17.3 Å². The van der Waals surface area contributed by atoms with Crippen molar-refractivity contribution in [3.05, 3.63) is 59.4 Å². The van der Waals surface area contributed by atoms with E-state index in [2.05, 4.69) is 20.4 Å². The summed E-state index contributed by atoms with van der Waals surface area (Å²) in [5.74, 6) is -0.233. The highest BCUT2D eigenvalue weighted by Crippen LogP contribution is 2.44. The predicted octanol–water partition coefficient (Wildman–Crippen LogP) is 2.36. The van der Waals surface area contributed by atoms with Gasteiger partial charge in [0.25, 0.3) is 0 Å². The average Bonchev–Trinajstić information content (AvgIpc) is 3.32. The molecule has 3 aromatic rings. The van der Waals surface area contributed by atoms with Crippen LogP contribution in [0.15, 0.2) is 36.8 Å². The number of nitriles is 1. The van der Waals surface area contributed by atoms with Gasteiger partial charge < -0.3 is 16.0 Å². The predicted molar refractivity (Wildman–Crippen MR) is 114 cm³/mol. The molecule has 0 aromatic carbocycles. The van der Waals surface area contributed by atoms with E-state index in [9.17, 15) is 14.4 Å². The van der Waals surface area contributed by atoms with Gasteiger partial charge in [-0.25, -0.2) is 14.2 Å². The molecule has 1 saturated heterocycles. The highest BCUT2D eigenvalue weighted by Gasteiger charge is 2.51. The number of fused-ring (bicyclic) bond motifs is 2. The number of aromatic nitrogens is 4. The number of pyridine rings is 2. The maximum absolute atomic E-state index is 13.4. The number of nitrogen functional groups attached to an aromatic ring is 1. The Bertz CT molecular complexity index is 1260. The van der Waals surface area contributed by atoms with E-state index in [1.165, 1.54) is 6.07 Å². The van der Waals surface area contributed by atoms with Gasteiger partial charge in [-0.05, 0) is 37.1 Å². The highest BCUT2D eigenvalue weighted by molar-refractivity contribution is 5.76. The second-order valence-electron chi connectivity index (χ2n) is 8.40. The number of nitrogens with zero attached hydrogens (tertiary/aromatic N) is 6. The largest absolute Gasteiger partial charge is 0.383 e. The summed E-state index contributed by atoms with van der Waals surface area (Å²) in [6.45, 7) is 3.74. The molecule has 1 spiro atoms. The minimum Gasteiger partial charge on any atom is -0.383 e. The molecule has 0 radical (unpaired) electrons. The Balaban J connectivity index is 1.29. The zero-order valence-electron chi connectivity index (χ0n) is 17.4. The summed E-state index contributed by atoms with van der Waals surface area (Å²) in [7, 11) is 0. The van der Waals surface area contributed by atoms with Crippen LogP contribution in [0.3, 0.4) is 0 Å². The van der Waals surface area contributed by atoms with Crippen molar-refractivity contribution >= 4 is 11.8 Å². The smallest absolute Gasteiger partial charge is 0.317 e. The van der Waals surface area contributed by atoms with Crippen LogP contribution in [-0.4, -0.2) is 43.8 Å². The van der Waals surface area contributed by atoms with Crippen LogP contribution < -0.4 is 11.1 Å². The van der Waals surface area contributed by atoms with Crippen molar-refractivity contribution < 1.29 is 9.18 Å². The molecule has 2 aliphatic heterocycles. The SMILES string of the molecule is C[C@@H](NC(=O)N1CC2(CCn3nc(-c4cnc(N)c(C#N)c4)cc32)C1)c1cncc(F)c1. The topological polar surface area (TPSA) is 126 Å². The molecule has 1 fully saturated rings. The number of nitrogens with two attached hydrogens (primary N) is 1. The Morgan fingerprint density at radius 3 is 2.88 bits per heavy atom. The van der Waals surface area contributed by atoms with Crippen molar-refractivity contribution in [1.29, 1.82) is 5.26 Å². The number of carbonyl (C=O) groups is 1. The minimum atomic E-state index is -0.431. The number of anilines is 1. The van der Waals surface area contributed by atoms with Gasteiger partial charge in [-0.15, -0.1) is 0 Å². The lowest BCUT2D eigenvalue weighted by Gasteiger charge is -2.47. The zero-order chi connectivity index (χ0) is 22.5. The van der Waals surface area contributed by atoms with Crippen LogP contribution in [0.1, 0.15) is 36.2 Å². The molecule has 10 heteroatoms. The van der Waals surface area contributed by atoms with E-state index in [1.807, 2.05) is 16.8 Å². The highest BCUT2D eigenvalue weighted by atomic mass is 19.1. The van der Waals surface area contributed by atoms with Crippen LogP contribution in [0.25, 0.3) is 11.3 Å². The first kappa shape index (κ1) is 19.9. The summed E-state index contributed by atoms with van der Waals surface area (Å²) < 4.78 is 15.4. The molecular formula is C22H21FN8O. The van der Waals surface area contributed by atoms with Gasteiger partial charge in [-0.1, -0.05) is 0 Å². The fourth-order valence-corrected chi connectivity index (χ4v) is 4.48. The third kappa shape index (κ3) is 3.22. The Kier molecular flexibility index (Phi) is 4.55. The van der Waals surface area contributed by atoms with Gasteiger partial charge in [0.05, 0.1) is 23.5 Å². The van der Waals surface area contributed by atoms with E-state index < -0.39 is 5.82 Å². The second kappa shape index (κ2) is 7.30. The van der Waals surface area contributed by atoms with Crippen LogP contribution in [0.4, 0.5) is 15.0 Å². The molecule has 3 N–H and O–H groups in total. The standard InChI is InChI=1S/C22H21FN8O/c1-13(15-5-17(23)10-26-8-15)28-21(32)30-11-22(12-30)2-3-31-19(22)6-18(29-31)16-4-14(7-24)20(25)27-9-16/h4-6,8-10,13H,2-3,11-12H2,1H3,(H2,25,27)(H,28,32)/t13-/m1/s1. The van der Waals surface area contributed by atoms with Gasteiger partial charge >= 0.3 is 6.03 Å². The molecule has 5 rings (SSSR count). The van der Waals surface area contributed by atoms with Crippen LogP contribution in [-0.2, 0) is 12.0 Å². The number of rotatable bonds is 3. The molecule has 0 bridgehead atoms. The number of hydrogen-bond donors (Lipinski definition) is 2. The maximum atomic E-state index is 13.4. The van der Waals surface area contributed by atoms with Crippen LogP contribution >= 0.6 is 0 Å². The molecule has 32 heavy (non-hydrogen) atoms. The van der Waals surface area contributed by atoms with Gasteiger partial charge in [0, 0.05) is 48.7 Å². The Morgan fingerprint density at radius 2 is 2.12 bits per heavy atom. The quantitative estimate of drug-likeness (QED) is 0.654. The Hall–Kier alpha value is -4.00. The van der Waals surface area contributed by atoms with Crippen molar-refractivity contribution in [2.24, 2.45) is 0 Å². The van der Waals surface area contributed by atoms with E-state index in [0.29, 0.717) is 24.2 Å². The van der Waals surface area contributed by atoms with Crippen molar-refractivity contribution in [3.63, 3.8) is 0 Å². The molecule has 9 nitrogen and oxygen atoms in total. The summed E-state index contributed by atoms with van der Waals surface area (Å²) in [5.41, 5.74) is 9.07. The number of urea groups is 1. The third-order valence-corrected chi connectivity index (χ3v) is 6.30. The lowest BCUT2D eigenvalue weighted by molar-refractivity contribution is 0.0906. The molecule has 0 saturated carbocycles. The number of nitrogens with one attached hydrogen (secondary N) is 1. The van der Waals surface area contributed by atoms with Crippen LogP contribution in [0.2, 0.25) is 0 Å². The molecule has 162 valence electrons. The van der Waals surface area contributed by atoms with Gasteiger partial charge in [-0.2, -0.15) is 10.4 Å². The van der Waals surface area contributed by atoms with Gasteiger partial charge in [-0.3, -0.25) is 9.67 Å². The fraction of sp³-hybridized carbons (Fsp3) is 0.318. The Morgan fingerprint density at radius 1 is 1.31 bits per heavy atom. The number of halogens is 1. The molecule has 3 aromatic heterocycles. The van der Waals surface area contributed by atoms with Crippen LogP contribution in [0.5, 0.6) is 0 Å². The average molecular weight is 432 g/mol. The van der Waals surface area contributed by atoms with Crippen molar-refractivity contribution in [1.82, 2.24) is 30.0 Å². The fourth-order valence-electron chi connectivity index (χ4n) is 4.48. The molecular weight excluding hydrogens is 411 g/mol. The molecule has 2 aliphatic rings. The lowest BCUT2D eigenvalue weighted by Crippen LogP contribution is -2.62. The van der Waals surface area contributed by atoms with Gasteiger partial charge in [0.15, 0.2) is 0 Å². The van der Waals surface area contributed by atoms with E-state index >= 15 is 0 Å². The van der Waals surface area contributed by atoms with Crippen molar-refractivity contribution in [2.45, 2.75) is 31.3 Å². The van der Waals surface area contributed by atoms with E-state index in [0.717, 1.165) is 36.1 Å². The summed E-state index contributed by atoms with van der Waals surface area (Å²) in [6, 6.07) is 6.58.